The van der Waals surface area contributed by atoms with Crippen LogP contribution >= 0.6 is 0 Å². The first-order valence-electron chi connectivity index (χ1n) is 5.78. The van der Waals surface area contributed by atoms with E-state index < -0.39 is 0 Å². The van der Waals surface area contributed by atoms with Crippen LogP contribution in [0.15, 0.2) is 48.7 Å². The molecule has 0 amide bonds. The molecule has 0 aliphatic heterocycles. The third kappa shape index (κ3) is 1.60. The van der Waals surface area contributed by atoms with Crippen LogP contribution in [0, 0.1) is 0 Å². The summed E-state index contributed by atoms with van der Waals surface area (Å²) in [4.78, 5) is 9.03. The second-order valence-electron chi connectivity index (χ2n) is 3.89. The molecule has 3 rings (SSSR count). The van der Waals surface area contributed by atoms with Crippen molar-refractivity contribution in [2.24, 2.45) is 0 Å². The lowest BCUT2D eigenvalue weighted by Crippen LogP contribution is -2.01. The molecule has 0 unspecified atom stereocenters. The average Bonchev–Trinajstić information content (AvgIpc) is 2.78. The van der Waals surface area contributed by atoms with Gasteiger partial charge in [0.2, 0.25) is 0 Å². The second kappa shape index (κ2) is 4.01. The number of hydrogen-bond acceptors (Lipinski definition) is 2. The highest BCUT2D eigenvalue weighted by molar-refractivity contribution is 5.77. The van der Waals surface area contributed by atoms with Gasteiger partial charge < -0.3 is 0 Å². The number of aromatic nitrogens is 3. The van der Waals surface area contributed by atoms with Gasteiger partial charge in [-0.3, -0.25) is 4.57 Å². The molecule has 2 aromatic heterocycles. The van der Waals surface area contributed by atoms with Gasteiger partial charge in [0.25, 0.3) is 0 Å². The van der Waals surface area contributed by atoms with Crippen LogP contribution in [0.4, 0.5) is 0 Å². The van der Waals surface area contributed by atoms with Gasteiger partial charge in [-0.25, -0.2) is 9.97 Å². The third-order valence-electron chi connectivity index (χ3n) is 2.82. The fourth-order valence-electron chi connectivity index (χ4n) is 2.05. The zero-order chi connectivity index (χ0) is 11.7. The quantitative estimate of drug-likeness (QED) is 0.668. The van der Waals surface area contributed by atoms with E-state index in [2.05, 4.69) is 27.5 Å². The van der Waals surface area contributed by atoms with Crippen molar-refractivity contribution in [1.82, 2.24) is 14.5 Å². The Morgan fingerprint density at radius 1 is 1.06 bits per heavy atom. The van der Waals surface area contributed by atoms with Crippen LogP contribution in [0.2, 0.25) is 0 Å². The van der Waals surface area contributed by atoms with E-state index in [1.54, 1.807) is 0 Å². The van der Waals surface area contributed by atoms with Crippen LogP contribution in [0.25, 0.3) is 16.9 Å². The Hall–Kier alpha value is -2.16. The van der Waals surface area contributed by atoms with Crippen molar-refractivity contribution >= 4 is 11.0 Å². The van der Waals surface area contributed by atoms with Crippen LogP contribution in [0.5, 0.6) is 0 Å². The molecule has 84 valence electrons. The normalized spacial score (nSPS) is 10.9. The first kappa shape index (κ1) is 10.0. The SMILES string of the molecule is CCc1nc2ccccc2n1-c1ccccn1. The van der Waals surface area contributed by atoms with Crippen molar-refractivity contribution in [1.29, 1.82) is 0 Å². The number of rotatable bonds is 2. The molecule has 2 heterocycles. The van der Waals surface area contributed by atoms with Crippen LogP contribution in [-0.4, -0.2) is 14.5 Å². The standard InChI is InChI=1S/C14H13N3/c1-2-13-16-11-7-3-4-8-12(11)17(13)14-9-5-6-10-15-14/h3-10H,2H2,1H3. The maximum atomic E-state index is 4.63. The maximum Gasteiger partial charge on any atom is 0.138 e. The number of hydrogen-bond donors (Lipinski definition) is 0. The van der Waals surface area contributed by atoms with Crippen molar-refractivity contribution < 1.29 is 0 Å². The van der Waals surface area contributed by atoms with E-state index >= 15 is 0 Å². The van der Waals surface area contributed by atoms with Gasteiger partial charge in [0.1, 0.15) is 11.6 Å². The molecule has 3 nitrogen and oxygen atoms in total. The number of imidazole rings is 1. The minimum atomic E-state index is 0.894. The predicted molar refractivity (Wildman–Crippen MR) is 68.2 cm³/mol. The Morgan fingerprint density at radius 3 is 2.65 bits per heavy atom. The van der Waals surface area contributed by atoms with Gasteiger partial charge in [-0.05, 0) is 24.3 Å². The van der Waals surface area contributed by atoms with E-state index in [0.717, 1.165) is 29.1 Å². The number of para-hydroxylation sites is 2. The number of benzene rings is 1. The van der Waals surface area contributed by atoms with Crippen molar-refractivity contribution in [3.05, 3.63) is 54.5 Å². The van der Waals surface area contributed by atoms with Crippen LogP contribution in [0.1, 0.15) is 12.7 Å². The topological polar surface area (TPSA) is 30.7 Å². The molecule has 0 atom stereocenters. The summed E-state index contributed by atoms with van der Waals surface area (Å²) in [6.45, 7) is 2.11. The number of fused-ring (bicyclic) bond motifs is 1. The highest BCUT2D eigenvalue weighted by Crippen LogP contribution is 2.20. The van der Waals surface area contributed by atoms with Gasteiger partial charge in [-0.2, -0.15) is 0 Å². The summed E-state index contributed by atoms with van der Waals surface area (Å²) in [5.41, 5.74) is 2.14. The van der Waals surface area contributed by atoms with E-state index in [9.17, 15) is 0 Å². The van der Waals surface area contributed by atoms with Crippen molar-refractivity contribution in [3.8, 4) is 5.82 Å². The van der Waals surface area contributed by atoms with Crippen LogP contribution < -0.4 is 0 Å². The summed E-state index contributed by atoms with van der Waals surface area (Å²) < 4.78 is 2.12. The molecule has 0 radical (unpaired) electrons. The molecule has 0 N–H and O–H groups in total. The molecule has 0 aliphatic carbocycles. The fraction of sp³-hybridized carbons (Fsp3) is 0.143. The Balaban J connectivity index is 2.34. The van der Waals surface area contributed by atoms with Gasteiger partial charge in [0.15, 0.2) is 0 Å². The Bertz CT molecular complexity index is 641. The van der Waals surface area contributed by atoms with Gasteiger partial charge in [-0.15, -0.1) is 0 Å². The van der Waals surface area contributed by atoms with E-state index in [0.29, 0.717) is 0 Å². The summed E-state index contributed by atoms with van der Waals surface area (Å²) in [5.74, 6) is 1.97. The molecule has 3 aromatic rings. The van der Waals surface area contributed by atoms with Gasteiger partial charge in [0.05, 0.1) is 11.0 Å². The molecule has 0 spiro atoms. The number of nitrogens with zero attached hydrogens (tertiary/aromatic N) is 3. The highest BCUT2D eigenvalue weighted by Gasteiger charge is 2.10. The third-order valence-corrected chi connectivity index (χ3v) is 2.82. The Labute approximate surface area is 99.8 Å². The van der Waals surface area contributed by atoms with E-state index in [4.69, 9.17) is 0 Å². The van der Waals surface area contributed by atoms with Gasteiger partial charge in [0, 0.05) is 12.6 Å². The summed E-state index contributed by atoms with van der Waals surface area (Å²) in [5, 5.41) is 0. The van der Waals surface area contributed by atoms with Crippen molar-refractivity contribution in [2.45, 2.75) is 13.3 Å². The molecule has 17 heavy (non-hydrogen) atoms. The first-order valence-corrected chi connectivity index (χ1v) is 5.78. The largest absolute Gasteiger partial charge is 0.280 e. The van der Waals surface area contributed by atoms with E-state index in [1.165, 1.54) is 0 Å². The minimum absolute atomic E-state index is 0.894. The lowest BCUT2D eigenvalue weighted by Gasteiger charge is -2.06. The van der Waals surface area contributed by atoms with Gasteiger partial charge in [-0.1, -0.05) is 25.1 Å². The lowest BCUT2D eigenvalue weighted by molar-refractivity contribution is 0.885. The molecular weight excluding hydrogens is 210 g/mol. The minimum Gasteiger partial charge on any atom is -0.280 e. The zero-order valence-electron chi connectivity index (χ0n) is 9.67. The Morgan fingerprint density at radius 2 is 1.88 bits per heavy atom. The van der Waals surface area contributed by atoms with Crippen LogP contribution in [-0.2, 0) is 6.42 Å². The molecule has 0 saturated carbocycles. The molecule has 0 aliphatic rings. The summed E-state index contributed by atoms with van der Waals surface area (Å²) >= 11 is 0. The maximum absolute atomic E-state index is 4.63. The van der Waals surface area contributed by atoms with E-state index in [1.807, 2.05) is 42.6 Å². The summed E-state index contributed by atoms with van der Waals surface area (Å²) in [6, 6.07) is 14.1. The molecule has 0 fully saturated rings. The Kier molecular flexibility index (Phi) is 2.37. The molecule has 1 aromatic carbocycles. The summed E-state index contributed by atoms with van der Waals surface area (Å²) in [7, 11) is 0. The smallest absolute Gasteiger partial charge is 0.138 e. The zero-order valence-corrected chi connectivity index (χ0v) is 9.67. The molecule has 3 heteroatoms. The number of pyridine rings is 1. The van der Waals surface area contributed by atoms with Gasteiger partial charge >= 0.3 is 0 Å². The summed E-state index contributed by atoms with van der Waals surface area (Å²) in [6.07, 6.45) is 2.70. The van der Waals surface area contributed by atoms with Crippen molar-refractivity contribution in [3.63, 3.8) is 0 Å². The van der Waals surface area contributed by atoms with Crippen LogP contribution in [0.3, 0.4) is 0 Å². The molecule has 0 saturated heterocycles. The highest BCUT2D eigenvalue weighted by atomic mass is 15.1. The average molecular weight is 223 g/mol. The molecular formula is C14H13N3. The monoisotopic (exact) mass is 223 g/mol. The van der Waals surface area contributed by atoms with E-state index in [-0.39, 0.29) is 0 Å². The number of aryl methyl sites for hydroxylation is 1. The fourth-order valence-corrected chi connectivity index (χ4v) is 2.05. The second-order valence-corrected chi connectivity index (χ2v) is 3.89. The molecule has 0 bridgehead atoms. The predicted octanol–water partition coefficient (Wildman–Crippen LogP) is 2.98. The van der Waals surface area contributed by atoms with Crippen molar-refractivity contribution in [2.75, 3.05) is 0 Å². The first-order chi connectivity index (χ1) is 8.40. The lowest BCUT2D eigenvalue weighted by atomic mass is 10.3.